The molecule has 0 aromatic rings. The van der Waals surface area contributed by atoms with Crippen molar-refractivity contribution in [3.8, 4) is 0 Å². The Balaban J connectivity index is 4.20. The van der Waals surface area contributed by atoms with Gasteiger partial charge in [0, 0.05) is 12.1 Å². The van der Waals surface area contributed by atoms with Crippen LogP contribution >= 0.6 is 0 Å². The molecule has 0 saturated heterocycles. The summed E-state index contributed by atoms with van der Waals surface area (Å²) in [6.07, 6.45) is 1.78. The van der Waals surface area contributed by atoms with Gasteiger partial charge in [0.2, 0.25) is 10.0 Å². The van der Waals surface area contributed by atoms with Crippen molar-refractivity contribution in [2.24, 2.45) is 11.7 Å². The summed E-state index contributed by atoms with van der Waals surface area (Å²) in [5, 5.41) is 0. The van der Waals surface area contributed by atoms with E-state index in [-0.39, 0.29) is 18.2 Å². The van der Waals surface area contributed by atoms with Crippen LogP contribution in [0.15, 0.2) is 0 Å². The average molecular weight is 236 g/mol. The Hall–Kier alpha value is -0.130. The van der Waals surface area contributed by atoms with Gasteiger partial charge >= 0.3 is 0 Å². The fraction of sp³-hybridized carbons (Fsp3) is 1.00. The summed E-state index contributed by atoms with van der Waals surface area (Å²) < 4.78 is 25.8. The van der Waals surface area contributed by atoms with Gasteiger partial charge in [-0.3, -0.25) is 0 Å². The highest BCUT2D eigenvalue weighted by Gasteiger charge is 2.19. The molecular weight excluding hydrogens is 212 g/mol. The van der Waals surface area contributed by atoms with Crippen molar-refractivity contribution in [2.45, 2.75) is 46.1 Å². The second-order valence-electron chi connectivity index (χ2n) is 4.77. The summed E-state index contributed by atoms with van der Waals surface area (Å²) in [6.45, 7) is 7.90. The minimum Gasteiger partial charge on any atom is -0.324 e. The van der Waals surface area contributed by atoms with E-state index in [0.717, 1.165) is 12.8 Å². The smallest absolute Gasteiger partial charge is 0.211 e. The van der Waals surface area contributed by atoms with Crippen LogP contribution in [0.3, 0.4) is 0 Å². The zero-order valence-electron chi connectivity index (χ0n) is 10.2. The first-order chi connectivity index (χ1) is 6.70. The first-order valence-electron chi connectivity index (χ1n) is 5.46. The number of hydrogen-bond donors (Lipinski definition) is 2. The summed E-state index contributed by atoms with van der Waals surface area (Å²) in [6, 6.07) is 0. The molecule has 0 amide bonds. The topological polar surface area (TPSA) is 72.2 Å². The molecule has 0 fully saturated rings. The SMILES string of the molecule is CCC(CC)CS(=O)(=O)NCC(C)(C)N. The third-order valence-electron chi connectivity index (χ3n) is 2.36. The lowest BCUT2D eigenvalue weighted by atomic mass is 10.1. The van der Waals surface area contributed by atoms with Gasteiger partial charge in [-0.1, -0.05) is 26.7 Å². The van der Waals surface area contributed by atoms with Gasteiger partial charge in [-0.2, -0.15) is 0 Å². The van der Waals surface area contributed by atoms with Gasteiger partial charge in [-0.05, 0) is 19.8 Å². The largest absolute Gasteiger partial charge is 0.324 e. The van der Waals surface area contributed by atoms with E-state index >= 15 is 0 Å². The van der Waals surface area contributed by atoms with Crippen LogP contribution in [0.25, 0.3) is 0 Å². The lowest BCUT2D eigenvalue weighted by molar-refractivity contribution is 0.484. The normalized spacial score (nSPS) is 13.5. The Morgan fingerprint density at radius 1 is 1.27 bits per heavy atom. The van der Waals surface area contributed by atoms with Crippen LogP contribution in [0.5, 0.6) is 0 Å². The van der Waals surface area contributed by atoms with Crippen molar-refractivity contribution in [3.63, 3.8) is 0 Å². The van der Waals surface area contributed by atoms with Crippen LogP contribution in [-0.4, -0.2) is 26.3 Å². The molecule has 92 valence electrons. The molecule has 0 heterocycles. The first kappa shape index (κ1) is 14.9. The molecule has 0 aromatic carbocycles. The molecule has 5 heteroatoms. The number of nitrogens with one attached hydrogen (secondary N) is 1. The Bertz CT molecular complexity index is 264. The molecule has 0 aliphatic rings. The fourth-order valence-corrected chi connectivity index (χ4v) is 2.99. The van der Waals surface area contributed by atoms with Crippen LogP contribution in [0.2, 0.25) is 0 Å². The van der Waals surface area contributed by atoms with E-state index in [2.05, 4.69) is 4.72 Å². The summed E-state index contributed by atoms with van der Waals surface area (Å²) >= 11 is 0. The highest BCUT2D eigenvalue weighted by molar-refractivity contribution is 7.89. The van der Waals surface area contributed by atoms with Gasteiger partial charge in [0.05, 0.1) is 5.75 Å². The van der Waals surface area contributed by atoms with Gasteiger partial charge in [-0.25, -0.2) is 13.1 Å². The quantitative estimate of drug-likeness (QED) is 0.695. The van der Waals surface area contributed by atoms with Crippen LogP contribution in [0.4, 0.5) is 0 Å². The summed E-state index contributed by atoms with van der Waals surface area (Å²) in [5.74, 6) is 0.444. The van der Waals surface area contributed by atoms with E-state index in [4.69, 9.17) is 5.73 Å². The second-order valence-corrected chi connectivity index (χ2v) is 6.63. The van der Waals surface area contributed by atoms with Crippen LogP contribution < -0.4 is 10.5 Å². The molecule has 0 unspecified atom stereocenters. The fourth-order valence-electron chi connectivity index (χ4n) is 1.19. The van der Waals surface area contributed by atoms with E-state index < -0.39 is 15.6 Å². The molecule has 0 spiro atoms. The maximum atomic E-state index is 11.6. The average Bonchev–Trinajstić information content (AvgIpc) is 2.10. The third-order valence-corrected chi connectivity index (χ3v) is 3.85. The molecule has 0 aromatic heterocycles. The van der Waals surface area contributed by atoms with Crippen LogP contribution in [-0.2, 0) is 10.0 Å². The van der Waals surface area contributed by atoms with Crippen molar-refractivity contribution in [2.75, 3.05) is 12.3 Å². The first-order valence-corrected chi connectivity index (χ1v) is 7.11. The Kier molecular flexibility index (Phi) is 5.77. The van der Waals surface area contributed by atoms with E-state index in [1.807, 2.05) is 13.8 Å². The molecule has 0 aliphatic heterocycles. The summed E-state index contributed by atoms with van der Waals surface area (Å²) in [4.78, 5) is 0. The maximum Gasteiger partial charge on any atom is 0.211 e. The molecule has 0 saturated carbocycles. The van der Waals surface area contributed by atoms with Crippen molar-refractivity contribution >= 4 is 10.0 Å². The Labute approximate surface area is 93.7 Å². The van der Waals surface area contributed by atoms with Gasteiger partial charge < -0.3 is 5.73 Å². The van der Waals surface area contributed by atoms with Gasteiger partial charge in [0.15, 0.2) is 0 Å². The van der Waals surface area contributed by atoms with Crippen molar-refractivity contribution in [1.82, 2.24) is 4.72 Å². The number of sulfonamides is 1. The molecule has 0 atom stereocenters. The van der Waals surface area contributed by atoms with Gasteiger partial charge in [0.25, 0.3) is 0 Å². The van der Waals surface area contributed by atoms with E-state index in [0.29, 0.717) is 0 Å². The van der Waals surface area contributed by atoms with E-state index in [1.54, 1.807) is 13.8 Å². The van der Waals surface area contributed by atoms with E-state index in [1.165, 1.54) is 0 Å². The zero-order valence-corrected chi connectivity index (χ0v) is 11.0. The Morgan fingerprint density at radius 3 is 2.07 bits per heavy atom. The van der Waals surface area contributed by atoms with Gasteiger partial charge in [0.1, 0.15) is 0 Å². The standard InChI is InChI=1S/C10H24N2O2S/c1-5-9(6-2)7-15(13,14)12-8-10(3,4)11/h9,12H,5-8,11H2,1-4H3. The zero-order chi connectivity index (χ0) is 12.1. The molecule has 0 bridgehead atoms. The maximum absolute atomic E-state index is 11.6. The summed E-state index contributed by atoms with van der Waals surface area (Å²) in [7, 11) is -3.17. The number of rotatable bonds is 7. The third kappa shape index (κ3) is 7.76. The Morgan fingerprint density at radius 2 is 1.73 bits per heavy atom. The molecule has 0 radical (unpaired) electrons. The van der Waals surface area contributed by atoms with E-state index in [9.17, 15) is 8.42 Å². The minimum absolute atomic E-state index is 0.204. The van der Waals surface area contributed by atoms with Crippen molar-refractivity contribution in [3.05, 3.63) is 0 Å². The number of hydrogen-bond acceptors (Lipinski definition) is 3. The van der Waals surface area contributed by atoms with Crippen LogP contribution in [0, 0.1) is 5.92 Å². The lowest BCUT2D eigenvalue weighted by Gasteiger charge is -2.20. The predicted molar refractivity (Wildman–Crippen MR) is 64.1 cm³/mol. The number of nitrogens with two attached hydrogens (primary N) is 1. The highest BCUT2D eigenvalue weighted by atomic mass is 32.2. The monoisotopic (exact) mass is 236 g/mol. The minimum atomic E-state index is -3.17. The molecule has 0 rings (SSSR count). The molecule has 15 heavy (non-hydrogen) atoms. The highest BCUT2D eigenvalue weighted by Crippen LogP contribution is 2.10. The lowest BCUT2D eigenvalue weighted by Crippen LogP contribution is -2.46. The second kappa shape index (κ2) is 5.82. The predicted octanol–water partition coefficient (Wildman–Crippen LogP) is 1.08. The van der Waals surface area contributed by atoms with Crippen molar-refractivity contribution < 1.29 is 8.42 Å². The molecule has 3 N–H and O–H groups in total. The van der Waals surface area contributed by atoms with Crippen molar-refractivity contribution in [1.29, 1.82) is 0 Å². The van der Waals surface area contributed by atoms with Crippen LogP contribution in [0.1, 0.15) is 40.5 Å². The summed E-state index contributed by atoms with van der Waals surface area (Å²) in [5.41, 5.74) is 5.21. The molecule has 0 aliphatic carbocycles. The molecular formula is C10H24N2O2S. The van der Waals surface area contributed by atoms with Gasteiger partial charge in [-0.15, -0.1) is 0 Å². The molecule has 4 nitrogen and oxygen atoms in total.